The number of likely N-dealkylation sites (tertiary alicyclic amines) is 1. The van der Waals surface area contributed by atoms with E-state index in [4.69, 9.17) is 9.47 Å². The third-order valence-electron chi connectivity index (χ3n) is 4.29. The van der Waals surface area contributed by atoms with Crippen LogP contribution < -0.4 is 4.74 Å². The Morgan fingerprint density at radius 3 is 2.84 bits per heavy atom. The number of benzene rings is 1. The van der Waals surface area contributed by atoms with E-state index in [-0.39, 0.29) is 24.3 Å². The van der Waals surface area contributed by atoms with Crippen LogP contribution in [0.4, 0.5) is 0 Å². The summed E-state index contributed by atoms with van der Waals surface area (Å²) in [5.41, 5.74) is 0.509. The van der Waals surface area contributed by atoms with Crippen molar-refractivity contribution in [1.82, 2.24) is 4.90 Å². The molecule has 1 aromatic rings. The van der Waals surface area contributed by atoms with Gasteiger partial charge in [0.15, 0.2) is 5.78 Å². The molecule has 6 heteroatoms. The molecule has 1 aliphatic heterocycles. The van der Waals surface area contributed by atoms with Crippen molar-refractivity contribution >= 4 is 11.8 Å². The van der Waals surface area contributed by atoms with Crippen LogP contribution in [-0.2, 0) is 9.53 Å². The molecule has 2 atom stereocenters. The van der Waals surface area contributed by atoms with Crippen molar-refractivity contribution in [3.63, 3.8) is 0 Å². The highest BCUT2D eigenvalue weighted by Crippen LogP contribution is 2.20. The monoisotopic (exact) mass is 349 g/mol. The molecule has 0 aliphatic carbocycles. The molecule has 0 radical (unpaired) electrons. The lowest BCUT2D eigenvalue weighted by Crippen LogP contribution is -2.44. The molecular weight excluding hydrogens is 322 g/mol. The van der Waals surface area contributed by atoms with E-state index in [1.165, 1.54) is 6.92 Å². The first-order chi connectivity index (χ1) is 12.0. The lowest BCUT2D eigenvalue weighted by molar-refractivity contribution is -0.150. The smallest absolute Gasteiger partial charge is 0.310 e. The van der Waals surface area contributed by atoms with Gasteiger partial charge in [0.25, 0.3) is 0 Å². The summed E-state index contributed by atoms with van der Waals surface area (Å²) in [6.45, 7) is 5.65. The minimum Gasteiger partial charge on any atom is -0.490 e. The molecule has 138 valence electrons. The molecule has 1 N–H and O–H groups in total. The summed E-state index contributed by atoms with van der Waals surface area (Å²) in [7, 11) is 0. The fraction of sp³-hybridized carbons (Fsp3) is 0.579. The van der Waals surface area contributed by atoms with Crippen molar-refractivity contribution in [2.75, 3.05) is 32.8 Å². The molecule has 1 fully saturated rings. The highest BCUT2D eigenvalue weighted by molar-refractivity contribution is 5.96. The average molecular weight is 349 g/mol. The molecule has 1 heterocycles. The van der Waals surface area contributed by atoms with Gasteiger partial charge in [-0.05, 0) is 45.4 Å². The van der Waals surface area contributed by atoms with E-state index >= 15 is 0 Å². The maximum atomic E-state index is 11.9. The molecule has 0 amide bonds. The lowest BCUT2D eigenvalue weighted by Gasteiger charge is -2.32. The number of hydrogen-bond donors (Lipinski definition) is 1. The summed E-state index contributed by atoms with van der Waals surface area (Å²) in [6.07, 6.45) is 1.04. The highest BCUT2D eigenvalue weighted by atomic mass is 16.5. The second kappa shape index (κ2) is 9.53. The van der Waals surface area contributed by atoms with Gasteiger partial charge in [-0.3, -0.25) is 14.5 Å². The van der Waals surface area contributed by atoms with Crippen LogP contribution >= 0.6 is 0 Å². The number of piperidine rings is 1. The summed E-state index contributed by atoms with van der Waals surface area (Å²) >= 11 is 0. The van der Waals surface area contributed by atoms with Crippen LogP contribution in [0.25, 0.3) is 0 Å². The van der Waals surface area contributed by atoms with Crippen molar-refractivity contribution in [3.05, 3.63) is 29.8 Å². The molecule has 0 spiro atoms. The molecule has 2 rings (SSSR count). The van der Waals surface area contributed by atoms with Crippen molar-refractivity contribution in [1.29, 1.82) is 0 Å². The zero-order valence-corrected chi connectivity index (χ0v) is 14.9. The lowest BCUT2D eigenvalue weighted by atomic mass is 9.98. The van der Waals surface area contributed by atoms with Crippen LogP contribution in [0, 0.1) is 5.92 Å². The number of β-amino-alcohol motifs (C(OH)–C–C–N with tert-alkyl or cyclic N) is 1. The van der Waals surface area contributed by atoms with Crippen LogP contribution in [0.5, 0.6) is 5.75 Å². The number of esters is 1. The van der Waals surface area contributed by atoms with Gasteiger partial charge in [-0.2, -0.15) is 0 Å². The van der Waals surface area contributed by atoms with Crippen LogP contribution in [0.1, 0.15) is 37.0 Å². The topological polar surface area (TPSA) is 76.1 Å². The van der Waals surface area contributed by atoms with Crippen molar-refractivity contribution in [2.24, 2.45) is 5.92 Å². The summed E-state index contributed by atoms with van der Waals surface area (Å²) in [4.78, 5) is 25.5. The first kappa shape index (κ1) is 19.4. The summed E-state index contributed by atoms with van der Waals surface area (Å²) in [5, 5.41) is 10.3. The molecule has 1 aliphatic rings. The third-order valence-corrected chi connectivity index (χ3v) is 4.29. The van der Waals surface area contributed by atoms with Gasteiger partial charge in [0.05, 0.1) is 18.1 Å². The Bertz CT molecular complexity index is 589. The molecule has 0 unspecified atom stereocenters. The maximum Gasteiger partial charge on any atom is 0.310 e. The first-order valence-electron chi connectivity index (χ1n) is 8.81. The number of ketones is 1. The summed E-state index contributed by atoms with van der Waals surface area (Å²) in [5.74, 6) is 0.129. The Morgan fingerprint density at radius 1 is 1.36 bits per heavy atom. The molecular formula is C19H27NO5. The Labute approximate surface area is 148 Å². The molecule has 0 aromatic heterocycles. The van der Waals surface area contributed by atoms with E-state index in [0.717, 1.165) is 19.4 Å². The zero-order chi connectivity index (χ0) is 18.2. The van der Waals surface area contributed by atoms with Gasteiger partial charge >= 0.3 is 5.97 Å². The predicted molar refractivity (Wildman–Crippen MR) is 93.7 cm³/mol. The Hall–Kier alpha value is -1.92. The molecule has 0 bridgehead atoms. The van der Waals surface area contributed by atoms with E-state index < -0.39 is 6.10 Å². The number of nitrogens with zero attached hydrogens (tertiary/aromatic N) is 1. The quantitative estimate of drug-likeness (QED) is 0.571. The van der Waals surface area contributed by atoms with Crippen molar-refractivity contribution in [2.45, 2.75) is 32.8 Å². The van der Waals surface area contributed by atoms with Gasteiger partial charge in [0, 0.05) is 13.1 Å². The molecule has 1 aromatic carbocycles. The Morgan fingerprint density at radius 2 is 2.12 bits per heavy atom. The van der Waals surface area contributed by atoms with Crippen LogP contribution in [0.2, 0.25) is 0 Å². The van der Waals surface area contributed by atoms with Crippen LogP contribution in [0.15, 0.2) is 24.3 Å². The van der Waals surface area contributed by atoms with Gasteiger partial charge < -0.3 is 14.6 Å². The summed E-state index contributed by atoms with van der Waals surface area (Å²) < 4.78 is 10.7. The number of carbonyl (C=O) groups excluding carboxylic acids is 2. The number of aliphatic hydroxyl groups excluding tert-OH is 1. The fourth-order valence-electron chi connectivity index (χ4n) is 3.09. The number of hydrogen-bond acceptors (Lipinski definition) is 6. The first-order valence-corrected chi connectivity index (χ1v) is 8.81. The van der Waals surface area contributed by atoms with Crippen molar-refractivity contribution < 1.29 is 24.2 Å². The number of para-hydroxylation sites is 1. The summed E-state index contributed by atoms with van der Waals surface area (Å²) in [6, 6.07) is 7.01. The maximum absolute atomic E-state index is 11.9. The second-order valence-electron chi connectivity index (χ2n) is 6.37. The average Bonchev–Trinajstić information content (AvgIpc) is 2.60. The largest absolute Gasteiger partial charge is 0.490 e. The number of rotatable bonds is 8. The molecule has 1 saturated heterocycles. The van der Waals surface area contributed by atoms with Gasteiger partial charge in [-0.15, -0.1) is 0 Å². The van der Waals surface area contributed by atoms with Crippen LogP contribution in [-0.4, -0.2) is 60.7 Å². The molecule has 25 heavy (non-hydrogen) atoms. The minimum absolute atomic E-state index is 0.0709. The van der Waals surface area contributed by atoms with Gasteiger partial charge in [0.2, 0.25) is 0 Å². The zero-order valence-electron chi connectivity index (χ0n) is 14.9. The highest BCUT2D eigenvalue weighted by Gasteiger charge is 2.27. The van der Waals surface area contributed by atoms with Gasteiger partial charge in [0.1, 0.15) is 18.5 Å². The standard InChI is InChI=1S/C19H27NO5/c1-3-24-19(23)15-7-6-10-20(11-15)12-16(22)13-25-18-9-5-4-8-17(18)14(2)21/h4-5,8-9,15-16,22H,3,6-7,10-13H2,1-2H3/t15-,16-/m1/s1. The fourth-order valence-corrected chi connectivity index (χ4v) is 3.09. The third kappa shape index (κ3) is 5.83. The SMILES string of the molecule is CCOC(=O)[C@@H]1CCCN(C[C@@H](O)COc2ccccc2C(C)=O)C1. The van der Waals surface area contributed by atoms with Crippen molar-refractivity contribution in [3.8, 4) is 5.75 Å². The van der Waals surface area contributed by atoms with E-state index in [1.807, 2.05) is 0 Å². The molecule has 6 nitrogen and oxygen atoms in total. The Balaban J connectivity index is 1.83. The van der Waals surface area contributed by atoms with E-state index in [1.54, 1.807) is 31.2 Å². The minimum atomic E-state index is -0.694. The van der Waals surface area contributed by atoms with Gasteiger partial charge in [-0.25, -0.2) is 0 Å². The second-order valence-corrected chi connectivity index (χ2v) is 6.37. The van der Waals surface area contributed by atoms with Crippen LogP contribution in [0.3, 0.4) is 0 Å². The van der Waals surface area contributed by atoms with E-state index in [2.05, 4.69) is 4.90 Å². The number of Topliss-reactive ketones (excluding diaryl/α,β-unsaturated/α-hetero) is 1. The number of carbonyl (C=O) groups is 2. The van der Waals surface area contributed by atoms with E-state index in [0.29, 0.717) is 31.0 Å². The number of ether oxygens (including phenoxy) is 2. The van der Waals surface area contributed by atoms with E-state index in [9.17, 15) is 14.7 Å². The number of aliphatic hydroxyl groups is 1. The normalized spacial score (nSPS) is 19.2. The molecule has 0 saturated carbocycles. The predicted octanol–water partition coefficient (Wildman–Crippen LogP) is 1.90. The van der Waals surface area contributed by atoms with Gasteiger partial charge in [-0.1, -0.05) is 12.1 Å². The Kier molecular flexibility index (Phi) is 7.40.